The number of likely N-dealkylation sites (tertiary alicyclic amines) is 1. The van der Waals surface area contributed by atoms with Gasteiger partial charge in [0.1, 0.15) is 5.60 Å². The minimum absolute atomic E-state index is 0.225. The van der Waals surface area contributed by atoms with Crippen LogP contribution in [0.15, 0.2) is 0 Å². The molecule has 0 radical (unpaired) electrons. The highest BCUT2D eigenvalue weighted by molar-refractivity contribution is 5.67. The van der Waals surface area contributed by atoms with Crippen LogP contribution in [0.5, 0.6) is 0 Å². The molecule has 5 nitrogen and oxygen atoms in total. The Morgan fingerprint density at radius 1 is 1.33 bits per heavy atom. The smallest absolute Gasteiger partial charge is 0.407 e. The van der Waals surface area contributed by atoms with Crippen molar-refractivity contribution in [3.63, 3.8) is 0 Å². The molecule has 5 heteroatoms. The van der Waals surface area contributed by atoms with Crippen molar-refractivity contribution in [3.8, 4) is 0 Å². The number of rotatable bonds is 4. The molecule has 0 aromatic rings. The summed E-state index contributed by atoms with van der Waals surface area (Å²) in [5, 5.41) is 2.88. The van der Waals surface area contributed by atoms with Crippen LogP contribution in [-0.4, -0.2) is 48.3 Å². The summed E-state index contributed by atoms with van der Waals surface area (Å²) in [4.78, 5) is 14.3. The van der Waals surface area contributed by atoms with Crippen LogP contribution in [0.3, 0.4) is 0 Å². The van der Waals surface area contributed by atoms with Crippen LogP contribution in [0.25, 0.3) is 0 Å². The van der Waals surface area contributed by atoms with E-state index in [1.807, 2.05) is 20.8 Å². The number of piperidine rings is 1. The second-order valence-electron chi connectivity index (χ2n) is 7.41. The minimum atomic E-state index is -0.454. The number of fused-ring (bicyclic) bond motifs is 1. The summed E-state index contributed by atoms with van der Waals surface area (Å²) >= 11 is 0. The molecule has 3 atom stereocenters. The summed E-state index contributed by atoms with van der Waals surface area (Å²) in [5.41, 5.74) is 5.51. The Bertz CT molecular complexity index is 354. The first-order valence-corrected chi connectivity index (χ1v) is 8.33. The molecule has 2 rings (SSSR count). The lowest BCUT2D eigenvalue weighted by Crippen LogP contribution is -2.55. The molecule has 1 saturated heterocycles. The monoisotopic (exact) mass is 297 g/mol. The molecule has 1 saturated carbocycles. The van der Waals surface area contributed by atoms with E-state index in [4.69, 9.17) is 10.5 Å². The highest BCUT2D eigenvalue weighted by Crippen LogP contribution is 2.37. The van der Waals surface area contributed by atoms with E-state index in [1.165, 1.54) is 32.1 Å². The van der Waals surface area contributed by atoms with Gasteiger partial charge >= 0.3 is 6.09 Å². The summed E-state index contributed by atoms with van der Waals surface area (Å²) in [7, 11) is 0. The molecule has 3 unspecified atom stereocenters. The maximum atomic E-state index is 11.8. The van der Waals surface area contributed by atoms with Crippen molar-refractivity contribution in [2.45, 2.75) is 70.6 Å². The molecule has 1 amide bonds. The lowest BCUT2D eigenvalue weighted by atomic mass is 9.90. The van der Waals surface area contributed by atoms with Crippen LogP contribution >= 0.6 is 0 Å². The molecule has 1 aliphatic carbocycles. The zero-order chi connectivity index (χ0) is 15.5. The zero-order valence-electron chi connectivity index (χ0n) is 13.7. The van der Waals surface area contributed by atoms with Crippen LogP contribution in [-0.2, 0) is 4.74 Å². The molecule has 0 aromatic heterocycles. The Morgan fingerprint density at radius 2 is 2.05 bits per heavy atom. The summed E-state index contributed by atoms with van der Waals surface area (Å²) in [6.45, 7) is 7.90. The largest absolute Gasteiger partial charge is 0.444 e. The highest BCUT2D eigenvalue weighted by atomic mass is 16.6. The van der Waals surface area contributed by atoms with Crippen molar-refractivity contribution in [1.29, 1.82) is 0 Å². The van der Waals surface area contributed by atoms with Crippen molar-refractivity contribution in [3.05, 3.63) is 0 Å². The highest BCUT2D eigenvalue weighted by Gasteiger charge is 2.37. The number of carbonyl (C=O) groups is 1. The molecule has 0 spiro atoms. The summed E-state index contributed by atoms with van der Waals surface area (Å²) < 4.78 is 5.30. The number of nitrogens with zero attached hydrogens (tertiary/aromatic N) is 1. The van der Waals surface area contributed by atoms with Gasteiger partial charge in [-0.1, -0.05) is 6.42 Å². The van der Waals surface area contributed by atoms with Gasteiger partial charge < -0.3 is 15.8 Å². The number of ether oxygens (including phenoxy) is 1. The van der Waals surface area contributed by atoms with Crippen molar-refractivity contribution < 1.29 is 9.53 Å². The molecule has 3 N–H and O–H groups in total. The molecule has 0 bridgehead atoms. The average Bonchev–Trinajstić information content (AvgIpc) is 2.86. The van der Waals surface area contributed by atoms with E-state index < -0.39 is 5.60 Å². The molecule has 0 aromatic carbocycles. The van der Waals surface area contributed by atoms with Crippen molar-refractivity contribution in [1.82, 2.24) is 10.2 Å². The van der Waals surface area contributed by atoms with Crippen LogP contribution < -0.4 is 11.1 Å². The Morgan fingerprint density at radius 3 is 2.71 bits per heavy atom. The van der Waals surface area contributed by atoms with Crippen molar-refractivity contribution >= 4 is 6.09 Å². The second kappa shape index (κ2) is 6.97. The second-order valence-corrected chi connectivity index (χ2v) is 7.41. The van der Waals surface area contributed by atoms with Crippen LogP contribution in [0, 0.1) is 5.92 Å². The van der Waals surface area contributed by atoms with Gasteiger partial charge in [0, 0.05) is 25.2 Å². The van der Waals surface area contributed by atoms with Crippen LogP contribution in [0.4, 0.5) is 4.79 Å². The SMILES string of the molecule is CC(C)(C)OC(=O)NCC(CN)N1CCCC2CCCC21. The van der Waals surface area contributed by atoms with Crippen LogP contribution in [0.2, 0.25) is 0 Å². The van der Waals surface area contributed by atoms with Gasteiger partial charge in [0.15, 0.2) is 0 Å². The molecular formula is C16H31N3O2. The lowest BCUT2D eigenvalue weighted by molar-refractivity contribution is 0.0443. The van der Waals surface area contributed by atoms with Crippen molar-refractivity contribution in [2.75, 3.05) is 19.6 Å². The number of amides is 1. The van der Waals surface area contributed by atoms with Crippen molar-refractivity contribution in [2.24, 2.45) is 11.7 Å². The third-order valence-corrected chi connectivity index (χ3v) is 4.66. The van der Waals surface area contributed by atoms with E-state index >= 15 is 0 Å². The fraction of sp³-hybridized carbons (Fsp3) is 0.938. The van der Waals surface area contributed by atoms with Gasteiger partial charge in [0.2, 0.25) is 0 Å². The maximum absolute atomic E-state index is 11.8. The predicted octanol–water partition coefficient (Wildman–Crippen LogP) is 2.10. The standard InChI is InChI=1S/C16H31N3O2/c1-16(2,3)21-15(20)18-11-13(10-17)19-9-5-7-12-6-4-8-14(12)19/h12-14H,4-11,17H2,1-3H3,(H,18,20). The fourth-order valence-corrected chi connectivity index (χ4v) is 3.80. The van der Waals surface area contributed by atoms with Gasteiger partial charge in [-0.15, -0.1) is 0 Å². The van der Waals surface area contributed by atoms with E-state index in [1.54, 1.807) is 0 Å². The minimum Gasteiger partial charge on any atom is -0.444 e. The van der Waals surface area contributed by atoms with E-state index in [9.17, 15) is 4.79 Å². The van der Waals surface area contributed by atoms with Gasteiger partial charge in [-0.3, -0.25) is 4.90 Å². The molecule has 1 heterocycles. The Hall–Kier alpha value is -0.810. The topological polar surface area (TPSA) is 67.6 Å². The fourth-order valence-electron chi connectivity index (χ4n) is 3.80. The predicted molar refractivity (Wildman–Crippen MR) is 84.1 cm³/mol. The zero-order valence-corrected chi connectivity index (χ0v) is 13.7. The molecule has 21 heavy (non-hydrogen) atoms. The summed E-state index contributed by atoms with van der Waals surface area (Å²) in [5.74, 6) is 0.842. The first-order chi connectivity index (χ1) is 9.90. The third kappa shape index (κ3) is 4.58. The third-order valence-electron chi connectivity index (χ3n) is 4.66. The Labute approximate surface area is 128 Å². The van der Waals surface area contributed by atoms with E-state index in [0.717, 1.165) is 12.5 Å². The van der Waals surface area contributed by atoms with Gasteiger partial charge in [-0.05, 0) is 58.9 Å². The normalized spacial score (nSPS) is 28.0. The van der Waals surface area contributed by atoms with E-state index in [2.05, 4.69) is 10.2 Å². The number of alkyl carbamates (subject to hydrolysis) is 1. The first kappa shape index (κ1) is 16.6. The average molecular weight is 297 g/mol. The number of hydrogen-bond acceptors (Lipinski definition) is 4. The quantitative estimate of drug-likeness (QED) is 0.834. The van der Waals surface area contributed by atoms with Crippen LogP contribution in [0.1, 0.15) is 52.9 Å². The maximum Gasteiger partial charge on any atom is 0.407 e. The molecular weight excluding hydrogens is 266 g/mol. The van der Waals surface area contributed by atoms with Gasteiger partial charge in [0.25, 0.3) is 0 Å². The van der Waals surface area contributed by atoms with Gasteiger partial charge in [0.05, 0.1) is 0 Å². The van der Waals surface area contributed by atoms with Gasteiger partial charge in [-0.2, -0.15) is 0 Å². The number of nitrogens with one attached hydrogen (secondary N) is 1. The molecule has 2 fully saturated rings. The number of hydrogen-bond donors (Lipinski definition) is 2. The molecule has 122 valence electrons. The Balaban J connectivity index is 1.86. The number of carbonyl (C=O) groups excluding carboxylic acids is 1. The Kier molecular flexibility index (Phi) is 5.49. The number of nitrogens with two attached hydrogens (primary N) is 1. The summed E-state index contributed by atoms with van der Waals surface area (Å²) in [6, 6.07) is 0.899. The lowest BCUT2D eigenvalue weighted by Gasteiger charge is -2.42. The van der Waals surface area contributed by atoms with E-state index in [0.29, 0.717) is 19.1 Å². The first-order valence-electron chi connectivity index (χ1n) is 8.33. The molecule has 1 aliphatic heterocycles. The van der Waals surface area contributed by atoms with E-state index in [-0.39, 0.29) is 12.1 Å². The molecule has 2 aliphatic rings. The summed E-state index contributed by atoms with van der Waals surface area (Å²) in [6.07, 6.45) is 6.25. The van der Waals surface area contributed by atoms with Gasteiger partial charge in [-0.25, -0.2) is 4.79 Å².